The van der Waals surface area contributed by atoms with Crippen LogP contribution < -0.4 is 11.5 Å². The Kier molecular flexibility index (Phi) is 6.38. The average molecular weight is 114 g/mol. The first-order chi connectivity index (χ1) is 3.91. The molecule has 0 aromatic carbocycles. The third-order valence-corrected chi connectivity index (χ3v) is 0.833. The van der Waals surface area contributed by atoms with Crippen molar-refractivity contribution >= 4 is 0 Å². The van der Waals surface area contributed by atoms with Gasteiger partial charge in [-0.15, -0.1) is 0 Å². The molecular formula is C6H14N2. The van der Waals surface area contributed by atoms with Crippen molar-refractivity contribution in [3.05, 3.63) is 12.2 Å². The second kappa shape index (κ2) is 6.66. The van der Waals surface area contributed by atoms with E-state index in [0.717, 1.165) is 25.9 Å². The lowest BCUT2D eigenvalue weighted by molar-refractivity contribution is 0.970. The smallest absolute Gasteiger partial charge is 0.00426 e. The Labute approximate surface area is 50.6 Å². The molecule has 4 N–H and O–H groups in total. The highest BCUT2D eigenvalue weighted by Crippen LogP contribution is 1.81. The molecular weight excluding hydrogens is 100 g/mol. The summed E-state index contributed by atoms with van der Waals surface area (Å²) < 4.78 is 0. The number of rotatable bonds is 4. The minimum absolute atomic E-state index is 0.737. The molecule has 0 saturated heterocycles. The molecule has 0 bridgehead atoms. The molecule has 0 saturated carbocycles. The van der Waals surface area contributed by atoms with Crippen LogP contribution in [-0.2, 0) is 0 Å². The van der Waals surface area contributed by atoms with Crippen LogP contribution in [0.25, 0.3) is 0 Å². The zero-order valence-corrected chi connectivity index (χ0v) is 5.14. The van der Waals surface area contributed by atoms with E-state index in [1.165, 1.54) is 0 Å². The SMILES string of the molecule is NCC/C=C\CCN. The van der Waals surface area contributed by atoms with Gasteiger partial charge in [-0.25, -0.2) is 0 Å². The Morgan fingerprint density at radius 2 is 1.25 bits per heavy atom. The van der Waals surface area contributed by atoms with E-state index in [-0.39, 0.29) is 0 Å². The Hall–Kier alpha value is -0.340. The largest absolute Gasteiger partial charge is 0.330 e. The predicted octanol–water partition coefficient (Wildman–Crippen LogP) is 0.240. The molecule has 0 aliphatic rings. The van der Waals surface area contributed by atoms with Crippen LogP contribution in [0, 0.1) is 0 Å². The summed E-state index contributed by atoms with van der Waals surface area (Å²) in [5.74, 6) is 0. The summed E-state index contributed by atoms with van der Waals surface area (Å²) in [5, 5.41) is 0. The lowest BCUT2D eigenvalue weighted by Gasteiger charge is -1.84. The highest BCUT2D eigenvalue weighted by atomic mass is 14.5. The number of hydrogen-bond donors (Lipinski definition) is 2. The number of nitrogens with two attached hydrogens (primary N) is 2. The van der Waals surface area contributed by atoms with E-state index < -0.39 is 0 Å². The molecule has 2 heteroatoms. The van der Waals surface area contributed by atoms with E-state index in [0.29, 0.717) is 0 Å². The zero-order chi connectivity index (χ0) is 6.24. The van der Waals surface area contributed by atoms with E-state index >= 15 is 0 Å². The van der Waals surface area contributed by atoms with Gasteiger partial charge in [0.1, 0.15) is 0 Å². The van der Waals surface area contributed by atoms with E-state index in [2.05, 4.69) is 12.2 Å². The van der Waals surface area contributed by atoms with Crippen LogP contribution in [0.4, 0.5) is 0 Å². The van der Waals surface area contributed by atoms with Gasteiger partial charge in [-0.2, -0.15) is 0 Å². The second-order valence-electron chi connectivity index (χ2n) is 1.63. The maximum absolute atomic E-state index is 5.23. The van der Waals surface area contributed by atoms with Crippen LogP contribution in [0.3, 0.4) is 0 Å². The Morgan fingerprint density at radius 1 is 0.875 bits per heavy atom. The summed E-state index contributed by atoms with van der Waals surface area (Å²) in [6, 6.07) is 0. The van der Waals surface area contributed by atoms with E-state index in [9.17, 15) is 0 Å². The molecule has 0 heterocycles. The Balaban J connectivity index is 2.83. The van der Waals surface area contributed by atoms with Gasteiger partial charge in [0, 0.05) is 0 Å². The van der Waals surface area contributed by atoms with Crippen molar-refractivity contribution in [3.63, 3.8) is 0 Å². The quantitative estimate of drug-likeness (QED) is 0.514. The zero-order valence-electron chi connectivity index (χ0n) is 5.14. The fourth-order valence-corrected chi connectivity index (χ4v) is 0.428. The maximum Gasteiger partial charge on any atom is -0.00426 e. The van der Waals surface area contributed by atoms with E-state index in [4.69, 9.17) is 11.5 Å². The molecule has 0 radical (unpaired) electrons. The van der Waals surface area contributed by atoms with Crippen molar-refractivity contribution in [2.24, 2.45) is 11.5 Å². The van der Waals surface area contributed by atoms with E-state index in [1.54, 1.807) is 0 Å². The lowest BCUT2D eigenvalue weighted by Crippen LogP contribution is -1.97. The highest BCUT2D eigenvalue weighted by Gasteiger charge is 1.72. The summed E-state index contributed by atoms with van der Waals surface area (Å²) in [6.45, 7) is 1.47. The van der Waals surface area contributed by atoms with Gasteiger partial charge in [0.2, 0.25) is 0 Å². The fourth-order valence-electron chi connectivity index (χ4n) is 0.428. The molecule has 0 rings (SSSR count). The molecule has 2 nitrogen and oxygen atoms in total. The molecule has 8 heavy (non-hydrogen) atoms. The molecule has 0 fully saturated rings. The molecule has 0 aliphatic heterocycles. The topological polar surface area (TPSA) is 52.0 Å². The van der Waals surface area contributed by atoms with Crippen molar-refractivity contribution in [2.75, 3.05) is 13.1 Å². The summed E-state index contributed by atoms with van der Waals surface area (Å²) in [7, 11) is 0. The highest BCUT2D eigenvalue weighted by molar-refractivity contribution is 4.81. The first kappa shape index (κ1) is 7.66. The van der Waals surface area contributed by atoms with Crippen molar-refractivity contribution < 1.29 is 0 Å². The van der Waals surface area contributed by atoms with Crippen LogP contribution in [-0.4, -0.2) is 13.1 Å². The second-order valence-corrected chi connectivity index (χ2v) is 1.63. The van der Waals surface area contributed by atoms with Crippen molar-refractivity contribution in [3.8, 4) is 0 Å². The fraction of sp³-hybridized carbons (Fsp3) is 0.667. The van der Waals surface area contributed by atoms with Crippen LogP contribution in [0.5, 0.6) is 0 Å². The minimum atomic E-state index is 0.737. The van der Waals surface area contributed by atoms with Gasteiger partial charge in [-0.3, -0.25) is 0 Å². The Bertz CT molecular complexity index is 51.5. The van der Waals surface area contributed by atoms with Gasteiger partial charge in [-0.1, -0.05) is 12.2 Å². The first-order valence-electron chi connectivity index (χ1n) is 2.97. The van der Waals surface area contributed by atoms with Gasteiger partial charge in [0.15, 0.2) is 0 Å². The van der Waals surface area contributed by atoms with Gasteiger partial charge < -0.3 is 11.5 Å². The summed E-state index contributed by atoms with van der Waals surface area (Å²) >= 11 is 0. The van der Waals surface area contributed by atoms with Crippen LogP contribution >= 0.6 is 0 Å². The van der Waals surface area contributed by atoms with E-state index in [1.807, 2.05) is 0 Å². The van der Waals surface area contributed by atoms with Gasteiger partial charge in [-0.05, 0) is 25.9 Å². The molecule has 0 unspecified atom stereocenters. The van der Waals surface area contributed by atoms with Crippen LogP contribution in [0.2, 0.25) is 0 Å². The molecule has 0 spiro atoms. The number of hydrogen-bond acceptors (Lipinski definition) is 2. The van der Waals surface area contributed by atoms with Crippen molar-refractivity contribution in [2.45, 2.75) is 12.8 Å². The third kappa shape index (κ3) is 5.66. The first-order valence-corrected chi connectivity index (χ1v) is 2.97. The molecule has 0 amide bonds. The molecule has 48 valence electrons. The van der Waals surface area contributed by atoms with Gasteiger partial charge in [0.25, 0.3) is 0 Å². The average Bonchev–Trinajstić information content (AvgIpc) is 1.81. The van der Waals surface area contributed by atoms with Crippen LogP contribution in [0.15, 0.2) is 12.2 Å². The van der Waals surface area contributed by atoms with Gasteiger partial charge in [0.05, 0.1) is 0 Å². The third-order valence-electron chi connectivity index (χ3n) is 0.833. The standard InChI is InChI=1S/C6H14N2/c7-5-3-1-2-4-6-8/h1-2H,3-8H2/b2-1-. The summed E-state index contributed by atoms with van der Waals surface area (Å²) in [4.78, 5) is 0. The molecule has 0 aromatic rings. The molecule has 0 aromatic heterocycles. The van der Waals surface area contributed by atoms with Crippen molar-refractivity contribution in [1.29, 1.82) is 0 Å². The van der Waals surface area contributed by atoms with Gasteiger partial charge >= 0.3 is 0 Å². The predicted molar refractivity (Wildman–Crippen MR) is 36.5 cm³/mol. The lowest BCUT2D eigenvalue weighted by atomic mass is 10.3. The van der Waals surface area contributed by atoms with Crippen molar-refractivity contribution in [1.82, 2.24) is 0 Å². The Morgan fingerprint density at radius 3 is 1.50 bits per heavy atom. The monoisotopic (exact) mass is 114 g/mol. The summed E-state index contributed by atoms with van der Waals surface area (Å²) in [5.41, 5.74) is 10.5. The van der Waals surface area contributed by atoms with Crippen LogP contribution in [0.1, 0.15) is 12.8 Å². The molecule has 0 aliphatic carbocycles. The maximum atomic E-state index is 5.23. The summed E-state index contributed by atoms with van der Waals surface area (Å²) in [6.07, 6.45) is 6.07. The normalized spacial score (nSPS) is 10.8. The molecule has 0 atom stereocenters. The minimum Gasteiger partial charge on any atom is -0.330 e.